The molecule has 4 nitrogen and oxygen atoms in total. The van der Waals surface area contributed by atoms with Crippen LogP contribution in [0.2, 0.25) is 5.02 Å². The molecule has 3 aromatic carbocycles. The topological polar surface area (TPSA) is 50.3 Å². The largest absolute Gasteiger partial charge is 0.378 e. The van der Waals surface area contributed by atoms with E-state index in [4.69, 9.17) is 11.6 Å². The highest BCUT2D eigenvalue weighted by molar-refractivity contribution is 6.32. The molecule has 190 valence electrons. The van der Waals surface area contributed by atoms with Gasteiger partial charge in [0.1, 0.15) is 5.78 Å². The number of hydrogen-bond donors (Lipinski definition) is 0. The molecule has 5 heteroatoms. The van der Waals surface area contributed by atoms with Gasteiger partial charge in [0, 0.05) is 66.9 Å². The summed E-state index contributed by atoms with van der Waals surface area (Å²) < 4.78 is 0. The number of Topliss-reactive ketones (excluding diaryl/α,β-unsaturated/α-hetero) is 2. The Hall–Kier alpha value is -3.50. The third-order valence-corrected chi connectivity index (χ3v) is 7.48. The van der Waals surface area contributed by atoms with Crippen LogP contribution in [0.3, 0.4) is 0 Å². The van der Waals surface area contributed by atoms with Gasteiger partial charge in [-0.3, -0.25) is 14.6 Å². The predicted octanol–water partition coefficient (Wildman–Crippen LogP) is 7.32. The molecule has 0 N–H and O–H groups in total. The number of pyridine rings is 1. The summed E-state index contributed by atoms with van der Waals surface area (Å²) in [7, 11) is 4.03. The molecule has 4 aromatic rings. The molecule has 2 atom stereocenters. The van der Waals surface area contributed by atoms with Gasteiger partial charge >= 0.3 is 0 Å². The number of carbonyl (C=O) groups excluding carboxylic acids is 2. The Morgan fingerprint density at radius 2 is 1.70 bits per heavy atom. The van der Waals surface area contributed by atoms with Gasteiger partial charge in [-0.1, -0.05) is 55.4 Å². The van der Waals surface area contributed by atoms with Crippen LogP contribution in [0.25, 0.3) is 10.8 Å². The van der Waals surface area contributed by atoms with E-state index < -0.39 is 0 Å². The lowest BCUT2D eigenvalue weighted by atomic mass is 9.98. The molecule has 5 rings (SSSR count). The molecule has 0 spiro atoms. The molecule has 0 amide bonds. The van der Waals surface area contributed by atoms with E-state index in [1.165, 1.54) is 0 Å². The van der Waals surface area contributed by atoms with Crippen molar-refractivity contribution in [1.29, 1.82) is 0 Å². The van der Waals surface area contributed by atoms with Gasteiger partial charge in [0.2, 0.25) is 0 Å². The molecule has 1 aromatic heterocycles. The van der Waals surface area contributed by atoms with Crippen LogP contribution in [0.4, 0.5) is 5.69 Å². The van der Waals surface area contributed by atoms with E-state index in [-0.39, 0.29) is 30.8 Å². The van der Waals surface area contributed by atoms with Gasteiger partial charge in [-0.2, -0.15) is 0 Å². The fraction of sp³-hybridized carbons (Fsp3) is 0.281. The average Bonchev–Trinajstić information content (AvgIpc) is 3.69. The van der Waals surface area contributed by atoms with Crippen molar-refractivity contribution in [3.05, 3.63) is 106 Å². The zero-order valence-corrected chi connectivity index (χ0v) is 21.3. The number of halogens is 1. The van der Waals surface area contributed by atoms with Crippen molar-refractivity contribution in [1.82, 2.24) is 4.98 Å². The fourth-order valence-corrected chi connectivity index (χ4v) is 5.05. The first-order chi connectivity index (χ1) is 17.4. The van der Waals surface area contributed by atoms with E-state index in [1.807, 2.05) is 56.6 Å². The number of rotatable bonds is 9. The lowest BCUT2D eigenvalue weighted by molar-refractivity contribution is -0.119. The van der Waals surface area contributed by atoms with Crippen LogP contribution in [0, 0.1) is 5.92 Å². The van der Waals surface area contributed by atoms with E-state index in [9.17, 15) is 9.59 Å². The minimum Gasteiger partial charge on any atom is -0.378 e. The molecule has 1 heterocycles. The summed E-state index contributed by atoms with van der Waals surface area (Å²) in [6.45, 7) is 0. The molecular formula is C32H33ClN2O2. The van der Waals surface area contributed by atoms with Gasteiger partial charge in [-0.05, 0) is 71.2 Å². The highest BCUT2D eigenvalue weighted by Gasteiger charge is 2.43. The van der Waals surface area contributed by atoms with Crippen molar-refractivity contribution in [2.75, 3.05) is 19.0 Å². The Kier molecular flexibility index (Phi) is 8.09. The zero-order valence-electron chi connectivity index (χ0n) is 20.6. The van der Waals surface area contributed by atoms with Gasteiger partial charge in [-0.15, -0.1) is 0 Å². The minimum atomic E-state index is 0. The Labute approximate surface area is 224 Å². The average molecular weight is 513 g/mol. The SMILES string of the molecule is C.CN(C)c1ccc(CCC(=O)c2ccc([C@@H]3C[C@H]3C(=O)Cc3cc4ccncc4cc3Cl)cc2)cc1. The van der Waals surface area contributed by atoms with Crippen LogP contribution >= 0.6 is 11.6 Å². The van der Waals surface area contributed by atoms with Crippen LogP contribution in [0.1, 0.15) is 53.2 Å². The second-order valence-corrected chi connectivity index (χ2v) is 10.3. The lowest BCUT2D eigenvalue weighted by Crippen LogP contribution is -2.08. The molecule has 1 aliphatic carbocycles. The van der Waals surface area contributed by atoms with Gasteiger partial charge in [0.25, 0.3) is 0 Å². The highest BCUT2D eigenvalue weighted by atomic mass is 35.5. The minimum absolute atomic E-state index is 0. The first-order valence-electron chi connectivity index (χ1n) is 12.3. The smallest absolute Gasteiger partial charge is 0.163 e. The van der Waals surface area contributed by atoms with Crippen molar-refractivity contribution >= 4 is 39.6 Å². The number of nitrogens with zero attached hydrogens (tertiary/aromatic N) is 2. The standard InChI is InChI=1S/C31H29ClN2O2.CH4/c1-34(2)26-10-3-20(4-11-26)5-12-30(35)22-8-6-21(7-9-22)27-18-28(27)31(36)17-24-15-23-13-14-33-19-25(23)16-29(24)32;/h3-4,6-11,13-16,19,27-28H,5,12,17-18H2,1-2H3;1H4/t27-,28+;/m0./s1. The number of hydrogen-bond acceptors (Lipinski definition) is 4. The quantitative estimate of drug-likeness (QED) is 0.220. The number of benzene rings is 3. The van der Waals surface area contributed by atoms with Gasteiger partial charge in [-0.25, -0.2) is 0 Å². The van der Waals surface area contributed by atoms with E-state index in [0.717, 1.165) is 51.6 Å². The van der Waals surface area contributed by atoms with Gasteiger partial charge < -0.3 is 4.90 Å². The Balaban J connectivity index is 0.00000320. The second-order valence-electron chi connectivity index (χ2n) is 9.86. The molecule has 1 aliphatic rings. The number of carbonyl (C=O) groups is 2. The number of anilines is 1. The van der Waals surface area contributed by atoms with Crippen molar-refractivity contribution in [3.8, 4) is 0 Å². The van der Waals surface area contributed by atoms with Gasteiger partial charge in [0.15, 0.2) is 5.78 Å². The Morgan fingerprint density at radius 1 is 0.973 bits per heavy atom. The van der Waals surface area contributed by atoms with Crippen LogP contribution in [0.15, 0.2) is 79.1 Å². The molecule has 0 unspecified atom stereocenters. The van der Waals surface area contributed by atoms with E-state index in [1.54, 1.807) is 12.4 Å². The molecule has 1 saturated carbocycles. The first-order valence-corrected chi connectivity index (χ1v) is 12.7. The van der Waals surface area contributed by atoms with Crippen molar-refractivity contribution in [2.24, 2.45) is 5.92 Å². The summed E-state index contributed by atoms with van der Waals surface area (Å²) in [6, 6.07) is 21.9. The predicted molar refractivity (Wildman–Crippen MR) is 153 cm³/mol. The maximum atomic E-state index is 13.0. The number of fused-ring (bicyclic) bond motifs is 1. The molecule has 37 heavy (non-hydrogen) atoms. The molecular weight excluding hydrogens is 480 g/mol. The molecule has 0 saturated heterocycles. The van der Waals surface area contributed by atoms with Crippen LogP contribution in [-0.2, 0) is 17.6 Å². The molecule has 0 aliphatic heterocycles. The van der Waals surface area contributed by atoms with Crippen LogP contribution in [-0.4, -0.2) is 30.6 Å². The normalized spacial score (nSPS) is 16.2. The maximum absolute atomic E-state index is 13.0. The van der Waals surface area contributed by atoms with E-state index in [0.29, 0.717) is 17.9 Å². The summed E-state index contributed by atoms with van der Waals surface area (Å²) in [6.07, 6.45) is 5.92. The number of ketones is 2. The summed E-state index contributed by atoms with van der Waals surface area (Å²) in [5, 5.41) is 2.62. The third kappa shape index (κ3) is 6.08. The summed E-state index contributed by atoms with van der Waals surface area (Å²) in [5.74, 6) is 0.597. The summed E-state index contributed by atoms with van der Waals surface area (Å²) >= 11 is 6.44. The Morgan fingerprint density at radius 3 is 2.41 bits per heavy atom. The summed E-state index contributed by atoms with van der Waals surface area (Å²) in [4.78, 5) is 31.9. The van der Waals surface area contributed by atoms with Crippen LogP contribution in [0.5, 0.6) is 0 Å². The van der Waals surface area contributed by atoms with Crippen molar-refractivity contribution in [2.45, 2.75) is 39.0 Å². The van der Waals surface area contributed by atoms with Crippen LogP contribution < -0.4 is 4.90 Å². The highest BCUT2D eigenvalue weighted by Crippen LogP contribution is 2.48. The molecule has 0 bridgehead atoms. The summed E-state index contributed by atoms with van der Waals surface area (Å²) in [5.41, 5.74) is 5.02. The van der Waals surface area contributed by atoms with Crippen molar-refractivity contribution < 1.29 is 9.59 Å². The Bertz CT molecular complexity index is 1410. The van der Waals surface area contributed by atoms with E-state index >= 15 is 0 Å². The monoisotopic (exact) mass is 512 g/mol. The fourth-order valence-electron chi connectivity index (χ4n) is 4.81. The first kappa shape index (κ1) is 26.6. The van der Waals surface area contributed by atoms with Crippen molar-refractivity contribution in [3.63, 3.8) is 0 Å². The lowest BCUT2D eigenvalue weighted by Gasteiger charge is -2.12. The third-order valence-electron chi connectivity index (χ3n) is 7.13. The number of aromatic nitrogens is 1. The van der Waals surface area contributed by atoms with Gasteiger partial charge in [0.05, 0.1) is 0 Å². The zero-order chi connectivity index (χ0) is 25.2. The number of aryl methyl sites for hydroxylation is 1. The second kappa shape index (κ2) is 11.3. The maximum Gasteiger partial charge on any atom is 0.163 e. The molecule has 0 radical (unpaired) electrons. The van der Waals surface area contributed by atoms with E-state index in [2.05, 4.69) is 34.1 Å². The molecule has 1 fully saturated rings.